The Morgan fingerprint density at radius 2 is 1.76 bits per heavy atom. The SMILES string of the molecule is COC(=O)C1C(=O)CC(=O)N1c1ccc(C(C)(C)C)cc1. The zero-order valence-corrected chi connectivity index (χ0v) is 12.7. The first-order valence-electron chi connectivity index (χ1n) is 6.79. The predicted octanol–water partition coefficient (Wildman–Crippen LogP) is 1.83. The molecule has 1 aliphatic heterocycles. The van der Waals surface area contributed by atoms with E-state index in [-0.39, 0.29) is 17.7 Å². The molecular weight excluding hydrogens is 270 g/mol. The van der Waals surface area contributed by atoms with Gasteiger partial charge in [0.25, 0.3) is 0 Å². The van der Waals surface area contributed by atoms with E-state index in [0.717, 1.165) is 5.56 Å². The Balaban J connectivity index is 2.37. The van der Waals surface area contributed by atoms with Gasteiger partial charge in [0.1, 0.15) is 0 Å². The molecule has 0 radical (unpaired) electrons. The molecule has 0 spiro atoms. The Morgan fingerprint density at radius 1 is 1.19 bits per heavy atom. The molecule has 5 nitrogen and oxygen atoms in total. The number of carbonyl (C=O) groups is 3. The number of carbonyl (C=O) groups excluding carboxylic acids is 3. The summed E-state index contributed by atoms with van der Waals surface area (Å²) in [5, 5.41) is 0. The first kappa shape index (κ1) is 15.2. The molecule has 0 saturated carbocycles. The number of hydrogen-bond acceptors (Lipinski definition) is 4. The zero-order chi connectivity index (χ0) is 15.8. The Morgan fingerprint density at radius 3 is 2.24 bits per heavy atom. The van der Waals surface area contributed by atoms with Crippen molar-refractivity contribution < 1.29 is 19.1 Å². The average molecular weight is 289 g/mol. The fourth-order valence-corrected chi connectivity index (χ4v) is 2.38. The molecule has 1 amide bonds. The van der Waals surface area contributed by atoms with E-state index >= 15 is 0 Å². The third kappa shape index (κ3) is 2.82. The number of ketones is 1. The van der Waals surface area contributed by atoms with Crippen molar-refractivity contribution in [3.05, 3.63) is 29.8 Å². The summed E-state index contributed by atoms with van der Waals surface area (Å²) in [7, 11) is 1.21. The van der Waals surface area contributed by atoms with E-state index in [0.29, 0.717) is 5.69 Å². The van der Waals surface area contributed by atoms with E-state index in [1.807, 2.05) is 12.1 Å². The molecule has 1 heterocycles. The lowest BCUT2D eigenvalue weighted by Gasteiger charge is -2.24. The van der Waals surface area contributed by atoms with Gasteiger partial charge in [0.15, 0.2) is 11.8 Å². The van der Waals surface area contributed by atoms with Gasteiger partial charge in [-0.05, 0) is 23.1 Å². The molecule has 2 rings (SSSR count). The molecule has 1 aliphatic rings. The van der Waals surface area contributed by atoms with Crippen LogP contribution in [0, 0.1) is 0 Å². The normalized spacial score (nSPS) is 19.0. The third-order valence-electron chi connectivity index (χ3n) is 3.59. The van der Waals surface area contributed by atoms with Crippen LogP contribution in [-0.2, 0) is 24.5 Å². The second-order valence-electron chi connectivity index (χ2n) is 6.13. The highest BCUT2D eigenvalue weighted by Crippen LogP contribution is 2.29. The second kappa shape index (κ2) is 5.31. The number of Topliss-reactive ketones (excluding diaryl/α,β-unsaturated/α-hetero) is 1. The highest BCUT2D eigenvalue weighted by molar-refractivity contribution is 6.24. The maximum atomic E-state index is 12.0. The molecule has 112 valence electrons. The summed E-state index contributed by atoms with van der Waals surface area (Å²) in [4.78, 5) is 36.8. The van der Waals surface area contributed by atoms with E-state index in [9.17, 15) is 14.4 Å². The minimum atomic E-state index is -1.16. The lowest BCUT2D eigenvalue weighted by Crippen LogP contribution is -2.42. The van der Waals surface area contributed by atoms with Crippen LogP contribution in [0.3, 0.4) is 0 Å². The van der Waals surface area contributed by atoms with Gasteiger partial charge in [0.2, 0.25) is 5.91 Å². The van der Waals surface area contributed by atoms with Gasteiger partial charge in [0.05, 0.1) is 13.5 Å². The molecule has 1 aromatic rings. The molecule has 1 atom stereocenters. The maximum Gasteiger partial charge on any atom is 0.336 e. The van der Waals surface area contributed by atoms with Crippen molar-refractivity contribution in [1.29, 1.82) is 0 Å². The molecule has 1 unspecified atom stereocenters. The van der Waals surface area contributed by atoms with E-state index in [1.54, 1.807) is 12.1 Å². The monoisotopic (exact) mass is 289 g/mol. The van der Waals surface area contributed by atoms with Crippen molar-refractivity contribution in [3.8, 4) is 0 Å². The standard InChI is InChI=1S/C16H19NO4/c1-16(2,3)10-5-7-11(8-6-10)17-13(19)9-12(18)14(17)15(20)21-4/h5-8,14H,9H2,1-4H3. The van der Waals surface area contributed by atoms with Gasteiger partial charge < -0.3 is 4.74 Å². The summed E-state index contributed by atoms with van der Waals surface area (Å²) in [6, 6.07) is 6.16. The second-order valence-corrected chi connectivity index (χ2v) is 6.13. The van der Waals surface area contributed by atoms with Gasteiger partial charge in [-0.2, -0.15) is 0 Å². The van der Waals surface area contributed by atoms with Gasteiger partial charge in [-0.3, -0.25) is 14.5 Å². The smallest absolute Gasteiger partial charge is 0.336 e. The topological polar surface area (TPSA) is 63.7 Å². The Kier molecular flexibility index (Phi) is 3.85. The van der Waals surface area contributed by atoms with Gasteiger partial charge in [-0.25, -0.2) is 4.79 Å². The number of anilines is 1. The lowest BCUT2D eigenvalue weighted by molar-refractivity contribution is -0.144. The molecular formula is C16H19NO4. The summed E-state index contributed by atoms with van der Waals surface area (Å²) in [6.07, 6.45) is -0.263. The van der Waals surface area contributed by atoms with Crippen molar-refractivity contribution in [2.24, 2.45) is 0 Å². The number of ether oxygens (including phenoxy) is 1. The molecule has 5 heteroatoms. The van der Waals surface area contributed by atoms with E-state index < -0.39 is 17.8 Å². The van der Waals surface area contributed by atoms with Crippen molar-refractivity contribution >= 4 is 23.3 Å². The quantitative estimate of drug-likeness (QED) is 0.615. The molecule has 1 saturated heterocycles. The Hall–Kier alpha value is -2.17. The summed E-state index contributed by atoms with van der Waals surface area (Å²) in [5.74, 6) is -1.50. The summed E-state index contributed by atoms with van der Waals surface area (Å²) >= 11 is 0. The zero-order valence-electron chi connectivity index (χ0n) is 12.7. The summed E-state index contributed by atoms with van der Waals surface area (Å²) in [6.45, 7) is 6.26. The molecule has 1 fully saturated rings. The molecule has 0 aromatic heterocycles. The van der Waals surface area contributed by atoms with Crippen LogP contribution >= 0.6 is 0 Å². The van der Waals surface area contributed by atoms with Gasteiger partial charge >= 0.3 is 5.97 Å². The van der Waals surface area contributed by atoms with E-state index in [4.69, 9.17) is 0 Å². The molecule has 0 N–H and O–H groups in total. The minimum absolute atomic E-state index is 0.00881. The maximum absolute atomic E-state index is 12.0. The van der Waals surface area contributed by atoms with Crippen LogP contribution in [0.15, 0.2) is 24.3 Å². The van der Waals surface area contributed by atoms with Crippen LogP contribution in [0.2, 0.25) is 0 Å². The number of methoxy groups -OCH3 is 1. The average Bonchev–Trinajstić information content (AvgIpc) is 2.71. The van der Waals surface area contributed by atoms with Crippen molar-refractivity contribution in [1.82, 2.24) is 0 Å². The van der Waals surface area contributed by atoms with Crippen LogP contribution in [0.5, 0.6) is 0 Å². The number of hydrogen-bond donors (Lipinski definition) is 0. The number of amides is 1. The molecule has 0 bridgehead atoms. The number of rotatable bonds is 2. The number of esters is 1. The highest BCUT2D eigenvalue weighted by atomic mass is 16.5. The fraction of sp³-hybridized carbons (Fsp3) is 0.438. The van der Waals surface area contributed by atoms with Gasteiger partial charge in [-0.1, -0.05) is 32.9 Å². The van der Waals surface area contributed by atoms with Crippen LogP contribution in [-0.4, -0.2) is 30.8 Å². The first-order valence-corrected chi connectivity index (χ1v) is 6.79. The largest absolute Gasteiger partial charge is 0.467 e. The van der Waals surface area contributed by atoms with Crippen LogP contribution in [0.25, 0.3) is 0 Å². The lowest BCUT2D eigenvalue weighted by atomic mass is 9.87. The van der Waals surface area contributed by atoms with Crippen molar-refractivity contribution in [3.63, 3.8) is 0 Å². The summed E-state index contributed by atoms with van der Waals surface area (Å²) < 4.78 is 4.63. The van der Waals surface area contributed by atoms with Crippen molar-refractivity contribution in [2.45, 2.75) is 38.6 Å². The van der Waals surface area contributed by atoms with E-state index in [1.165, 1.54) is 12.0 Å². The van der Waals surface area contributed by atoms with E-state index in [2.05, 4.69) is 25.5 Å². The van der Waals surface area contributed by atoms with Crippen LogP contribution < -0.4 is 4.90 Å². The molecule has 0 aliphatic carbocycles. The third-order valence-corrected chi connectivity index (χ3v) is 3.59. The Labute approximate surface area is 123 Å². The number of benzene rings is 1. The summed E-state index contributed by atoms with van der Waals surface area (Å²) in [5.41, 5.74) is 1.64. The predicted molar refractivity (Wildman–Crippen MR) is 78.1 cm³/mol. The van der Waals surface area contributed by atoms with Gasteiger partial charge in [0, 0.05) is 5.69 Å². The minimum Gasteiger partial charge on any atom is -0.467 e. The van der Waals surface area contributed by atoms with Gasteiger partial charge in [-0.15, -0.1) is 0 Å². The number of nitrogens with zero attached hydrogens (tertiary/aromatic N) is 1. The molecule has 21 heavy (non-hydrogen) atoms. The fourth-order valence-electron chi connectivity index (χ4n) is 2.38. The first-order chi connectivity index (χ1) is 9.75. The van der Waals surface area contributed by atoms with Crippen molar-refractivity contribution in [2.75, 3.05) is 12.0 Å². The highest BCUT2D eigenvalue weighted by Gasteiger charge is 2.44. The van der Waals surface area contributed by atoms with Crippen LogP contribution in [0.4, 0.5) is 5.69 Å². The Bertz CT molecular complexity index is 583. The van der Waals surface area contributed by atoms with Crippen LogP contribution in [0.1, 0.15) is 32.8 Å². The molecule has 1 aromatic carbocycles.